The number of rotatable bonds is 5. The van der Waals surface area contributed by atoms with E-state index < -0.39 is 0 Å². The van der Waals surface area contributed by atoms with Crippen LogP contribution in [0.25, 0.3) is 6.08 Å². The summed E-state index contributed by atoms with van der Waals surface area (Å²) in [5.41, 5.74) is 0. The van der Waals surface area contributed by atoms with Crippen molar-refractivity contribution in [2.75, 3.05) is 0 Å². The monoisotopic (exact) mass is 233 g/mol. The van der Waals surface area contributed by atoms with E-state index in [0.29, 0.717) is 0 Å². The fourth-order valence-corrected chi connectivity index (χ4v) is 1.87. The van der Waals surface area contributed by atoms with Crippen molar-refractivity contribution in [3.8, 4) is 12.3 Å². The van der Waals surface area contributed by atoms with Crippen LogP contribution in [0.4, 0.5) is 0 Å². The summed E-state index contributed by atoms with van der Waals surface area (Å²) >= 11 is 1.59. The van der Waals surface area contributed by atoms with Crippen LogP contribution >= 0.6 is 11.3 Å². The number of carbonyl (C=O) groups is 1. The van der Waals surface area contributed by atoms with E-state index in [1.54, 1.807) is 17.4 Å². The predicted octanol–water partition coefficient (Wildman–Crippen LogP) is 2.68. The Bertz CT molecular complexity index is 387. The molecule has 1 N–H and O–H groups in total. The van der Waals surface area contributed by atoms with E-state index in [1.807, 2.05) is 24.4 Å². The van der Waals surface area contributed by atoms with Gasteiger partial charge in [0.15, 0.2) is 0 Å². The number of thiophene rings is 1. The summed E-state index contributed by atoms with van der Waals surface area (Å²) in [7, 11) is 0. The molecular weight excluding hydrogens is 218 g/mol. The van der Waals surface area contributed by atoms with E-state index >= 15 is 0 Å². The van der Waals surface area contributed by atoms with Crippen LogP contribution < -0.4 is 5.32 Å². The molecule has 1 amide bonds. The predicted molar refractivity (Wildman–Crippen MR) is 69.0 cm³/mol. The minimum Gasteiger partial charge on any atom is -0.339 e. The lowest BCUT2D eigenvalue weighted by Gasteiger charge is -2.09. The highest BCUT2D eigenvalue weighted by Gasteiger charge is 2.05. The Labute approximate surface area is 100 Å². The standard InChI is InChI=1S/C13H15NOS/c1-3-6-11(4-2)14-13(15)9-8-12-7-5-10-16-12/h2,5,7-11H,3,6H2,1H3,(H,14,15)/b9-8+. The zero-order valence-corrected chi connectivity index (χ0v) is 10.1. The summed E-state index contributed by atoms with van der Waals surface area (Å²) in [4.78, 5) is 12.6. The molecule has 84 valence electrons. The maximum atomic E-state index is 11.5. The molecule has 2 nitrogen and oxygen atoms in total. The van der Waals surface area contributed by atoms with Gasteiger partial charge in [0.2, 0.25) is 5.91 Å². The first-order valence-electron chi connectivity index (χ1n) is 5.24. The zero-order valence-electron chi connectivity index (χ0n) is 9.27. The molecule has 1 unspecified atom stereocenters. The van der Waals surface area contributed by atoms with E-state index in [2.05, 4.69) is 11.2 Å². The smallest absolute Gasteiger partial charge is 0.244 e. The fraction of sp³-hybridized carbons (Fsp3) is 0.308. The largest absolute Gasteiger partial charge is 0.339 e. The van der Waals surface area contributed by atoms with E-state index in [4.69, 9.17) is 6.42 Å². The number of carbonyl (C=O) groups excluding carboxylic acids is 1. The third kappa shape index (κ3) is 4.33. The molecule has 0 aliphatic rings. The number of hydrogen-bond donors (Lipinski definition) is 1. The molecule has 0 aliphatic carbocycles. The molecule has 16 heavy (non-hydrogen) atoms. The molecule has 0 saturated heterocycles. The van der Waals surface area contributed by atoms with Crippen molar-refractivity contribution in [1.29, 1.82) is 0 Å². The van der Waals surface area contributed by atoms with Gasteiger partial charge in [-0.25, -0.2) is 0 Å². The Balaban J connectivity index is 2.44. The van der Waals surface area contributed by atoms with Gasteiger partial charge >= 0.3 is 0 Å². The molecule has 0 spiro atoms. The second-order valence-corrected chi connectivity index (χ2v) is 4.34. The zero-order chi connectivity index (χ0) is 11.8. The third-order valence-corrected chi connectivity index (χ3v) is 2.87. The molecular formula is C13H15NOS. The minimum atomic E-state index is -0.162. The van der Waals surface area contributed by atoms with Crippen molar-refractivity contribution in [3.05, 3.63) is 28.5 Å². The molecule has 1 atom stereocenters. The molecule has 3 heteroatoms. The highest BCUT2D eigenvalue weighted by atomic mass is 32.1. The van der Waals surface area contributed by atoms with Gasteiger partial charge in [-0.3, -0.25) is 4.79 Å². The molecule has 0 bridgehead atoms. The lowest BCUT2D eigenvalue weighted by Crippen LogP contribution is -2.32. The molecule has 0 aliphatic heterocycles. The first-order chi connectivity index (χ1) is 7.76. The number of nitrogens with one attached hydrogen (secondary N) is 1. The van der Waals surface area contributed by atoms with Gasteiger partial charge in [-0.2, -0.15) is 0 Å². The lowest BCUT2D eigenvalue weighted by atomic mass is 10.2. The van der Waals surface area contributed by atoms with Gasteiger partial charge in [0, 0.05) is 11.0 Å². The number of hydrogen-bond acceptors (Lipinski definition) is 2. The molecule has 0 saturated carbocycles. The fourth-order valence-electron chi connectivity index (χ4n) is 1.25. The Kier molecular flexibility index (Phi) is 5.38. The van der Waals surface area contributed by atoms with E-state index in [-0.39, 0.29) is 11.9 Å². The van der Waals surface area contributed by atoms with Gasteiger partial charge < -0.3 is 5.32 Å². The Morgan fingerprint density at radius 3 is 3.12 bits per heavy atom. The van der Waals surface area contributed by atoms with Crippen molar-refractivity contribution in [3.63, 3.8) is 0 Å². The van der Waals surface area contributed by atoms with Gasteiger partial charge in [-0.1, -0.05) is 25.3 Å². The van der Waals surface area contributed by atoms with Crippen LogP contribution in [0, 0.1) is 12.3 Å². The summed E-state index contributed by atoms with van der Waals surface area (Å²) < 4.78 is 0. The summed E-state index contributed by atoms with van der Waals surface area (Å²) in [6.45, 7) is 2.04. The number of terminal acetylenes is 1. The van der Waals surface area contributed by atoms with Gasteiger partial charge in [0.25, 0.3) is 0 Å². The van der Waals surface area contributed by atoms with Gasteiger partial charge in [-0.15, -0.1) is 17.8 Å². The minimum absolute atomic E-state index is 0.134. The highest BCUT2D eigenvalue weighted by Crippen LogP contribution is 2.09. The van der Waals surface area contributed by atoms with E-state index in [9.17, 15) is 4.79 Å². The summed E-state index contributed by atoms with van der Waals surface area (Å²) in [5, 5.41) is 4.74. The van der Waals surface area contributed by atoms with Crippen LogP contribution in [0.1, 0.15) is 24.6 Å². The van der Waals surface area contributed by atoms with E-state index in [1.165, 1.54) is 6.08 Å². The van der Waals surface area contributed by atoms with Crippen LogP contribution in [-0.2, 0) is 4.79 Å². The first kappa shape index (κ1) is 12.5. The van der Waals surface area contributed by atoms with Crippen molar-refractivity contribution in [2.45, 2.75) is 25.8 Å². The lowest BCUT2D eigenvalue weighted by molar-refractivity contribution is -0.116. The van der Waals surface area contributed by atoms with Crippen molar-refractivity contribution < 1.29 is 4.79 Å². The first-order valence-corrected chi connectivity index (χ1v) is 6.12. The van der Waals surface area contributed by atoms with Gasteiger partial charge in [-0.05, 0) is 23.9 Å². The van der Waals surface area contributed by atoms with Crippen molar-refractivity contribution in [1.82, 2.24) is 5.32 Å². The molecule has 0 aromatic carbocycles. The average Bonchev–Trinajstić information content (AvgIpc) is 2.78. The van der Waals surface area contributed by atoms with Crippen molar-refractivity contribution in [2.24, 2.45) is 0 Å². The Hall–Kier alpha value is -1.53. The second-order valence-electron chi connectivity index (χ2n) is 3.37. The van der Waals surface area contributed by atoms with Gasteiger partial charge in [0.1, 0.15) is 0 Å². The number of amides is 1. The Morgan fingerprint density at radius 1 is 1.75 bits per heavy atom. The molecule has 1 rings (SSSR count). The molecule has 1 aromatic rings. The van der Waals surface area contributed by atoms with Crippen LogP contribution in [0.3, 0.4) is 0 Å². The summed E-state index contributed by atoms with van der Waals surface area (Å²) in [5.74, 6) is 2.43. The SMILES string of the molecule is C#CC(CCC)NC(=O)/C=C/c1cccs1. The second kappa shape index (κ2) is 6.86. The Morgan fingerprint density at radius 2 is 2.56 bits per heavy atom. The van der Waals surface area contributed by atoms with Gasteiger partial charge in [0.05, 0.1) is 6.04 Å². The van der Waals surface area contributed by atoms with Crippen molar-refractivity contribution >= 4 is 23.3 Å². The molecule has 1 aromatic heterocycles. The topological polar surface area (TPSA) is 29.1 Å². The average molecular weight is 233 g/mol. The van der Waals surface area contributed by atoms with E-state index in [0.717, 1.165) is 17.7 Å². The summed E-state index contributed by atoms with van der Waals surface area (Å²) in [6.07, 6.45) is 10.4. The molecule has 0 fully saturated rings. The third-order valence-electron chi connectivity index (χ3n) is 2.04. The van der Waals surface area contributed by atoms with Crippen LogP contribution in [-0.4, -0.2) is 11.9 Å². The van der Waals surface area contributed by atoms with Crippen LogP contribution in [0.2, 0.25) is 0 Å². The summed E-state index contributed by atoms with van der Waals surface area (Å²) in [6, 6.07) is 3.74. The molecule has 1 heterocycles. The maximum Gasteiger partial charge on any atom is 0.244 e. The maximum absolute atomic E-state index is 11.5. The van der Waals surface area contributed by atoms with Crippen LogP contribution in [0.15, 0.2) is 23.6 Å². The van der Waals surface area contributed by atoms with Crippen LogP contribution in [0.5, 0.6) is 0 Å². The quantitative estimate of drug-likeness (QED) is 0.615. The normalized spacial score (nSPS) is 12.2. The molecule has 0 radical (unpaired) electrons. The highest BCUT2D eigenvalue weighted by molar-refractivity contribution is 7.10.